The van der Waals surface area contributed by atoms with Crippen LogP contribution in [-0.2, 0) is 14.3 Å². The molecule has 2 heterocycles. The van der Waals surface area contributed by atoms with E-state index in [1.807, 2.05) is 52.3 Å². The highest BCUT2D eigenvalue weighted by molar-refractivity contribution is 5.79. The Morgan fingerprint density at radius 3 is 2.31 bits per heavy atom. The van der Waals surface area contributed by atoms with E-state index in [1.165, 1.54) is 0 Å². The number of methoxy groups -OCH3 is 1. The van der Waals surface area contributed by atoms with Crippen LogP contribution in [0.15, 0.2) is 42.5 Å². The third-order valence-electron chi connectivity index (χ3n) is 7.53. The van der Waals surface area contributed by atoms with Crippen LogP contribution in [0.5, 0.6) is 17.2 Å². The second-order valence-electron chi connectivity index (χ2n) is 10.2. The normalized spacial score (nSPS) is 20.2. The quantitative estimate of drug-likeness (QED) is 0.346. The van der Waals surface area contributed by atoms with E-state index in [2.05, 4.69) is 13.8 Å². The molecule has 1 fully saturated rings. The third kappa shape index (κ3) is 6.83. The molecule has 2 aliphatic heterocycles. The van der Waals surface area contributed by atoms with Crippen LogP contribution in [0, 0.1) is 5.92 Å². The number of carboxylic acid groups (broad SMARTS) is 1. The van der Waals surface area contributed by atoms with Gasteiger partial charge in [-0.25, -0.2) is 0 Å². The molecule has 1 amide bonds. The van der Waals surface area contributed by atoms with Gasteiger partial charge in [-0.3, -0.25) is 14.5 Å². The number of unbranched alkanes of at least 4 members (excludes halogenated alkanes) is 2. The van der Waals surface area contributed by atoms with Gasteiger partial charge in [-0.05, 0) is 48.2 Å². The summed E-state index contributed by atoms with van der Waals surface area (Å²) in [7, 11) is 1.56. The van der Waals surface area contributed by atoms with Crippen molar-refractivity contribution in [2.45, 2.75) is 51.5 Å². The Bertz CT molecular complexity index is 1100. The maximum Gasteiger partial charge on any atom is 0.309 e. The minimum absolute atomic E-state index is 0.0393. The molecule has 2 aromatic carbocycles. The largest absolute Gasteiger partial charge is 0.481 e. The summed E-state index contributed by atoms with van der Waals surface area (Å²) in [6, 6.07) is 12.5. The molecule has 3 unspecified atom stereocenters. The zero-order valence-corrected chi connectivity index (χ0v) is 23.1. The molecule has 2 aromatic rings. The van der Waals surface area contributed by atoms with Crippen molar-refractivity contribution in [1.82, 2.24) is 9.80 Å². The Kier molecular flexibility index (Phi) is 10.1. The van der Waals surface area contributed by atoms with Crippen molar-refractivity contribution in [1.29, 1.82) is 0 Å². The molecule has 0 spiro atoms. The van der Waals surface area contributed by atoms with Gasteiger partial charge in [0.05, 0.1) is 12.5 Å². The molecular formula is C30H40N2O7. The molecule has 1 N–H and O–H groups in total. The van der Waals surface area contributed by atoms with Gasteiger partial charge in [-0.15, -0.1) is 0 Å². The van der Waals surface area contributed by atoms with E-state index in [0.717, 1.165) is 36.8 Å². The van der Waals surface area contributed by atoms with Crippen molar-refractivity contribution in [2.24, 2.45) is 5.92 Å². The molecule has 0 saturated carbocycles. The van der Waals surface area contributed by atoms with Gasteiger partial charge in [0.25, 0.3) is 0 Å². The highest BCUT2D eigenvalue weighted by Crippen LogP contribution is 2.47. The van der Waals surface area contributed by atoms with Crippen molar-refractivity contribution in [3.8, 4) is 17.2 Å². The Morgan fingerprint density at radius 2 is 1.67 bits per heavy atom. The fraction of sp³-hybridized carbons (Fsp3) is 0.533. The Morgan fingerprint density at radius 1 is 1.00 bits per heavy atom. The zero-order valence-electron chi connectivity index (χ0n) is 23.1. The number of amides is 1. The predicted molar refractivity (Wildman–Crippen MR) is 146 cm³/mol. The summed E-state index contributed by atoms with van der Waals surface area (Å²) in [6.45, 7) is 6.53. The molecule has 39 heavy (non-hydrogen) atoms. The van der Waals surface area contributed by atoms with Crippen molar-refractivity contribution >= 4 is 11.9 Å². The Hall–Kier alpha value is -3.30. The fourth-order valence-corrected chi connectivity index (χ4v) is 5.49. The fourth-order valence-electron chi connectivity index (χ4n) is 5.49. The first-order valence-electron chi connectivity index (χ1n) is 13.8. The van der Waals surface area contributed by atoms with Crippen molar-refractivity contribution in [2.75, 3.05) is 46.9 Å². The zero-order chi connectivity index (χ0) is 27.8. The van der Waals surface area contributed by atoms with E-state index in [1.54, 1.807) is 7.11 Å². The van der Waals surface area contributed by atoms with Gasteiger partial charge < -0.3 is 29.0 Å². The molecule has 2 aliphatic rings. The van der Waals surface area contributed by atoms with Crippen LogP contribution in [0.4, 0.5) is 0 Å². The average Bonchev–Trinajstić information content (AvgIpc) is 3.56. The van der Waals surface area contributed by atoms with Gasteiger partial charge in [-0.2, -0.15) is 0 Å². The minimum atomic E-state index is -0.897. The number of carboxylic acids is 1. The van der Waals surface area contributed by atoms with Crippen LogP contribution in [0.1, 0.15) is 62.6 Å². The third-order valence-corrected chi connectivity index (χ3v) is 7.53. The lowest BCUT2D eigenvalue weighted by Gasteiger charge is -2.30. The van der Waals surface area contributed by atoms with Crippen LogP contribution in [-0.4, -0.2) is 73.7 Å². The van der Waals surface area contributed by atoms with E-state index in [9.17, 15) is 14.7 Å². The number of benzene rings is 2. The van der Waals surface area contributed by atoms with E-state index < -0.39 is 17.9 Å². The average molecular weight is 541 g/mol. The lowest BCUT2D eigenvalue weighted by atomic mass is 9.82. The molecule has 9 heteroatoms. The summed E-state index contributed by atoms with van der Waals surface area (Å²) in [5, 5.41) is 10.5. The Labute approximate surface area is 230 Å². The smallest absolute Gasteiger partial charge is 0.309 e. The number of rotatable bonds is 14. The summed E-state index contributed by atoms with van der Waals surface area (Å²) in [5.41, 5.74) is 1.69. The summed E-state index contributed by atoms with van der Waals surface area (Å²) in [4.78, 5) is 30.4. The molecule has 3 atom stereocenters. The van der Waals surface area contributed by atoms with Crippen LogP contribution in [0.3, 0.4) is 0 Å². The molecular weight excluding hydrogens is 500 g/mol. The van der Waals surface area contributed by atoms with Crippen molar-refractivity contribution in [3.05, 3.63) is 53.6 Å². The summed E-state index contributed by atoms with van der Waals surface area (Å²) in [5.74, 6) is -0.0501. The Balaban J connectivity index is 1.66. The van der Waals surface area contributed by atoms with E-state index in [-0.39, 0.29) is 32.0 Å². The van der Waals surface area contributed by atoms with Gasteiger partial charge in [0.1, 0.15) is 5.75 Å². The minimum Gasteiger partial charge on any atom is -0.481 e. The highest BCUT2D eigenvalue weighted by Gasteiger charge is 2.48. The topological polar surface area (TPSA) is 97.8 Å². The molecule has 4 rings (SSSR count). The number of carbonyl (C=O) groups excluding carboxylic acids is 1. The summed E-state index contributed by atoms with van der Waals surface area (Å²) < 4.78 is 21.6. The van der Waals surface area contributed by atoms with Crippen LogP contribution < -0.4 is 14.2 Å². The standard InChI is InChI=1S/C30H40N2O7/c1-4-6-14-31(15-7-5-2)27(33)18-32-17-24(22-10-13-25-26(16-22)39-20-38-25)28(30(34)35)29(32)21-8-11-23(12-9-21)37-19-36-3/h8-13,16,24,28-29H,4-7,14-15,17-20H2,1-3H3,(H,34,35). The lowest BCUT2D eigenvalue weighted by molar-refractivity contribution is -0.144. The van der Waals surface area contributed by atoms with E-state index in [0.29, 0.717) is 36.9 Å². The number of fused-ring (bicyclic) bond motifs is 1. The van der Waals surface area contributed by atoms with E-state index >= 15 is 0 Å². The second kappa shape index (κ2) is 13.7. The molecule has 0 aliphatic carbocycles. The first-order valence-corrected chi connectivity index (χ1v) is 13.8. The number of carbonyl (C=O) groups is 2. The van der Waals surface area contributed by atoms with Gasteiger partial charge in [0, 0.05) is 38.7 Å². The number of ether oxygens (including phenoxy) is 4. The summed E-state index contributed by atoms with van der Waals surface area (Å²) in [6.07, 6.45) is 3.90. The first-order chi connectivity index (χ1) is 19.0. The van der Waals surface area contributed by atoms with Crippen LogP contribution in [0.2, 0.25) is 0 Å². The van der Waals surface area contributed by atoms with Gasteiger partial charge in [0.2, 0.25) is 12.7 Å². The number of hydrogen-bond acceptors (Lipinski definition) is 7. The lowest BCUT2D eigenvalue weighted by Crippen LogP contribution is -2.42. The molecule has 0 radical (unpaired) electrons. The van der Waals surface area contributed by atoms with Gasteiger partial charge in [-0.1, -0.05) is 44.9 Å². The van der Waals surface area contributed by atoms with Gasteiger partial charge >= 0.3 is 5.97 Å². The number of hydrogen-bond donors (Lipinski definition) is 1. The molecule has 1 saturated heterocycles. The number of likely N-dealkylation sites (tertiary alicyclic amines) is 1. The van der Waals surface area contributed by atoms with Crippen molar-refractivity contribution in [3.63, 3.8) is 0 Å². The van der Waals surface area contributed by atoms with E-state index in [4.69, 9.17) is 18.9 Å². The van der Waals surface area contributed by atoms with Crippen LogP contribution >= 0.6 is 0 Å². The van der Waals surface area contributed by atoms with Crippen LogP contribution in [0.25, 0.3) is 0 Å². The molecule has 0 bridgehead atoms. The molecule has 9 nitrogen and oxygen atoms in total. The maximum absolute atomic E-state index is 13.6. The predicted octanol–water partition coefficient (Wildman–Crippen LogP) is 4.67. The molecule has 0 aromatic heterocycles. The SMILES string of the molecule is CCCCN(CCCC)C(=O)CN1CC(c2ccc3c(c2)OCO3)C(C(=O)O)C1c1ccc(OCOC)cc1. The maximum atomic E-state index is 13.6. The number of nitrogens with zero attached hydrogens (tertiary/aromatic N) is 2. The second-order valence-corrected chi connectivity index (χ2v) is 10.2. The first kappa shape index (κ1) is 28.7. The number of aliphatic carboxylic acids is 1. The summed E-state index contributed by atoms with van der Waals surface area (Å²) >= 11 is 0. The monoisotopic (exact) mass is 540 g/mol. The van der Waals surface area contributed by atoms with Gasteiger partial charge in [0.15, 0.2) is 18.3 Å². The molecule has 212 valence electrons. The van der Waals surface area contributed by atoms with Crippen molar-refractivity contribution < 1.29 is 33.6 Å². The highest BCUT2D eigenvalue weighted by atomic mass is 16.7.